The first-order valence-corrected chi connectivity index (χ1v) is 35.3. The van der Waals surface area contributed by atoms with Crippen LogP contribution in [0.4, 0.5) is 0 Å². The molecule has 0 bridgehead atoms. The average molecular weight is 1750 g/mol. The minimum absolute atomic E-state index is 0. The summed E-state index contributed by atoms with van der Waals surface area (Å²) in [6, 6.07) is 99.3. The van der Waals surface area contributed by atoms with Gasteiger partial charge in [0.05, 0.1) is 11.3 Å². The molecule has 0 aliphatic carbocycles. The Morgan fingerprint density at radius 3 is 1.00 bits per heavy atom. The first kappa shape index (κ1) is 82.8. The molecule has 0 saturated heterocycles. The molecule has 0 saturated carbocycles. The molecule has 0 spiro atoms. The van der Waals surface area contributed by atoms with Crippen molar-refractivity contribution >= 4 is 43.9 Å². The third kappa shape index (κ3) is 22.7. The normalized spacial score (nSPS) is 10.2. The van der Waals surface area contributed by atoms with Crippen molar-refractivity contribution in [1.29, 1.82) is 0 Å². The molecule has 1 radical (unpaired) electrons. The summed E-state index contributed by atoms with van der Waals surface area (Å²) in [5.41, 5.74) is 23.5. The third-order valence-corrected chi connectivity index (χ3v) is 17.0. The summed E-state index contributed by atoms with van der Waals surface area (Å²) >= 11 is 0. The van der Waals surface area contributed by atoms with Crippen LogP contribution in [0.15, 0.2) is 295 Å². The summed E-state index contributed by atoms with van der Waals surface area (Å²) in [5.74, 6) is 0.952. The van der Waals surface area contributed by atoms with Crippen LogP contribution in [-0.4, -0.2) is 54.3 Å². The van der Waals surface area contributed by atoms with Gasteiger partial charge >= 0.3 is 20.1 Å². The van der Waals surface area contributed by atoms with E-state index in [0.29, 0.717) is 11.8 Å². The van der Waals surface area contributed by atoms with Gasteiger partial charge in [0.1, 0.15) is 16.7 Å². The van der Waals surface area contributed by atoms with E-state index < -0.39 is 0 Å². The van der Waals surface area contributed by atoms with Gasteiger partial charge in [0, 0.05) is 93.2 Å². The van der Waals surface area contributed by atoms with Crippen molar-refractivity contribution in [2.45, 2.75) is 92.9 Å². The van der Waals surface area contributed by atoms with Gasteiger partial charge in [0.2, 0.25) is 0 Å². The van der Waals surface area contributed by atoms with E-state index in [-0.39, 0.29) is 40.2 Å². The number of aromatic nitrogens is 6. The van der Waals surface area contributed by atoms with Gasteiger partial charge in [0.25, 0.3) is 0 Å². The number of nitrogens with zero attached hydrogens (tertiary/aromatic N) is 6. The Morgan fingerprint density at radius 1 is 0.311 bits per heavy atom. The monoisotopic (exact) mass is 1750 g/mol. The summed E-state index contributed by atoms with van der Waals surface area (Å²) in [4.78, 5) is 26.4. The first-order valence-electron chi connectivity index (χ1n) is 35.3. The molecule has 106 heavy (non-hydrogen) atoms. The molecule has 0 atom stereocenters. The van der Waals surface area contributed by atoms with Gasteiger partial charge in [-0.2, -0.15) is 0 Å². The van der Waals surface area contributed by atoms with Gasteiger partial charge in [-0.1, -0.05) is 173 Å². The predicted molar refractivity (Wildman–Crippen MR) is 429 cm³/mol. The van der Waals surface area contributed by atoms with Crippen LogP contribution in [0.1, 0.15) is 101 Å². The maximum atomic E-state index is 7.00. The topological polar surface area (TPSA) is 144 Å². The Labute approximate surface area is 652 Å². The standard InChI is InChI=1S/C20H17NO.C20H16NO.4C13H12N.2CH4O.2Ir/c2*1-13(2)14-10-11-21-18(12-14)17-8-5-7-16-15-6-3-4-9-19(15)22-20(16)17;4*1-2-11-8-9-14-13(10-11)12-6-4-3-5-7-12;2*1-2;;/h3-13H,1-2H3;3-7,9-13H,1-2H3;4*3-6,8-10H,2H2,1H3;2*2H,1H3;;/q;5*-1;;;;+3. The van der Waals surface area contributed by atoms with E-state index in [1.807, 2.05) is 201 Å². The molecule has 539 valence electrons. The van der Waals surface area contributed by atoms with E-state index in [1.165, 1.54) is 33.4 Å². The molecule has 0 aliphatic heterocycles. The SMILES string of the molecule is CC(C)c1ccnc(-c2[c-]ccc3c2oc2ccccc23)c1.CC(C)c1ccnc(-c2cccc3c2oc2ccccc23)c1.CCc1ccnc(-c2[c-]cccc2)c1.CCc1ccnc(-c2[c-]cccc2)c1.CCc1ccnc(-c2[c-]cccc2)c1.CCc1ccnc(-c2[c-]cccc2)c1.CO.CO.[Ir+3].[Ir]. The van der Waals surface area contributed by atoms with Crippen LogP contribution in [0, 0.1) is 30.3 Å². The van der Waals surface area contributed by atoms with Crippen LogP contribution < -0.4 is 0 Å². The first-order chi connectivity index (χ1) is 51.1. The van der Waals surface area contributed by atoms with Crippen LogP contribution in [0.2, 0.25) is 0 Å². The van der Waals surface area contributed by atoms with E-state index in [0.717, 1.165) is 151 Å². The minimum Gasteiger partial charge on any atom is -0.501 e. The number of para-hydroxylation sites is 3. The van der Waals surface area contributed by atoms with Crippen molar-refractivity contribution in [2.24, 2.45) is 0 Å². The Kier molecular flexibility index (Phi) is 34.1. The number of furan rings is 2. The Morgan fingerprint density at radius 2 is 0.632 bits per heavy atom. The second-order valence-electron chi connectivity index (χ2n) is 24.4. The molecule has 2 N–H and O–H groups in total. The number of aryl methyl sites for hydroxylation is 4. The molecule has 0 unspecified atom stereocenters. The van der Waals surface area contributed by atoms with E-state index in [9.17, 15) is 0 Å². The average Bonchev–Trinajstić information content (AvgIpc) is 1.62. The van der Waals surface area contributed by atoms with Crippen molar-refractivity contribution in [3.63, 3.8) is 0 Å². The molecule has 8 aromatic heterocycles. The van der Waals surface area contributed by atoms with Crippen LogP contribution in [0.3, 0.4) is 0 Å². The largest absolute Gasteiger partial charge is 3.00 e. The molecule has 0 amide bonds. The van der Waals surface area contributed by atoms with Crippen molar-refractivity contribution < 1.29 is 59.3 Å². The van der Waals surface area contributed by atoms with Gasteiger partial charge in [-0.05, 0) is 132 Å². The van der Waals surface area contributed by atoms with E-state index >= 15 is 0 Å². The molecule has 10 nitrogen and oxygen atoms in total. The number of aliphatic hydroxyl groups excluding tert-OH is 2. The molecule has 0 aliphatic rings. The predicted octanol–water partition coefficient (Wildman–Crippen LogP) is 23.0. The Hall–Kier alpha value is -10.5. The van der Waals surface area contributed by atoms with E-state index in [2.05, 4.69) is 201 Å². The number of benzene rings is 8. The molecule has 16 rings (SSSR count). The zero-order valence-electron chi connectivity index (χ0n) is 61.7. The Bertz CT molecular complexity index is 4730. The number of rotatable bonds is 12. The number of hydrogen-bond acceptors (Lipinski definition) is 10. The molecule has 8 heterocycles. The van der Waals surface area contributed by atoms with Crippen molar-refractivity contribution in [2.75, 3.05) is 14.2 Å². The summed E-state index contributed by atoms with van der Waals surface area (Å²) in [5, 5.41) is 18.5. The van der Waals surface area contributed by atoms with Crippen LogP contribution in [-0.2, 0) is 65.9 Å². The molecule has 0 fully saturated rings. The maximum Gasteiger partial charge on any atom is 3.00 e. The molecular formula is C94H89Ir2N6O4-2. The third-order valence-electron chi connectivity index (χ3n) is 17.0. The smallest absolute Gasteiger partial charge is 0.501 e. The fourth-order valence-corrected chi connectivity index (χ4v) is 11.3. The summed E-state index contributed by atoms with van der Waals surface area (Å²) in [6.45, 7) is 17.3. The molecular weight excluding hydrogens is 1660 g/mol. The summed E-state index contributed by atoms with van der Waals surface area (Å²) in [6.07, 6.45) is 15.3. The van der Waals surface area contributed by atoms with Gasteiger partial charge in [-0.3, -0.25) is 4.98 Å². The summed E-state index contributed by atoms with van der Waals surface area (Å²) < 4.78 is 12.2. The van der Waals surface area contributed by atoms with Gasteiger partial charge in [-0.25, -0.2) is 0 Å². The van der Waals surface area contributed by atoms with E-state index in [1.54, 1.807) is 0 Å². The second-order valence-corrected chi connectivity index (χ2v) is 24.4. The van der Waals surface area contributed by atoms with Crippen molar-refractivity contribution in [1.82, 2.24) is 29.9 Å². The van der Waals surface area contributed by atoms with Crippen molar-refractivity contribution in [3.8, 4) is 67.5 Å². The second kappa shape index (κ2) is 43.7. The molecule has 16 aromatic rings. The van der Waals surface area contributed by atoms with Crippen LogP contribution in [0.25, 0.3) is 111 Å². The van der Waals surface area contributed by atoms with Gasteiger partial charge < -0.3 is 44.0 Å². The zero-order chi connectivity index (χ0) is 73.4. The number of hydrogen-bond donors (Lipinski definition) is 2. The minimum atomic E-state index is 0. The number of pyridine rings is 6. The van der Waals surface area contributed by atoms with Crippen LogP contribution in [0.5, 0.6) is 0 Å². The number of aliphatic hydroxyl groups is 2. The zero-order valence-corrected chi connectivity index (χ0v) is 66.5. The Balaban J connectivity index is 0.000000177. The van der Waals surface area contributed by atoms with Crippen molar-refractivity contribution in [3.05, 3.63) is 350 Å². The quantitative estimate of drug-likeness (QED) is 0.113. The fraction of sp³-hybridized carbons (Fsp3) is 0.170. The number of fused-ring (bicyclic) bond motifs is 6. The van der Waals surface area contributed by atoms with Crippen LogP contribution >= 0.6 is 0 Å². The summed E-state index contributed by atoms with van der Waals surface area (Å²) in [7, 11) is 2.00. The maximum absolute atomic E-state index is 7.00. The molecule has 8 aromatic carbocycles. The van der Waals surface area contributed by atoms with Gasteiger partial charge in [0.15, 0.2) is 0 Å². The fourth-order valence-electron chi connectivity index (χ4n) is 11.3. The van der Waals surface area contributed by atoms with E-state index in [4.69, 9.17) is 19.0 Å². The van der Waals surface area contributed by atoms with Gasteiger partial charge in [-0.15, -0.1) is 162 Å². The molecule has 12 heteroatoms.